The fraction of sp³-hybridized carbons (Fsp3) is 0.474. The minimum atomic E-state index is 0.00463. The highest BCUT2D eigenvalue weighted by molar-refractivity contribution is 5.76. The van der Waals surface area contributed by atoms with Gasteiger partial charge in [0.2, 0.25) is 0 Å². The number of urea groups is 1. The molecule has 1 aromatic carbocycles. The third-order valence-corrected chi connectivity index (χ3v) is 5.01. The number of carbonyl (C=O) groups excluding carboxylic acids is 1. The Morgan fingerprint density at radius 3 is 2.58 bits per heavy atom. The molecule has 0 saturated carbocycles. The summed E-state index contributed by atoms with van der Waals surface area (Å²) in [4.78, 5) is 14.5. The van der Waals surface area contributed by atoms with Gasteiger partial charge in [-0.15, -0.1) is 0 Å². The van der Waals surface area contributed by atoms with Crippen LogP contribution in [0.25, 0.3) is 0 Å². The number of amides is 2. The first-order valence-corrected chi connectivity index (χ1v) is 8.65. The number of rotatable bonds is 4. The van der Waals surface area contributed by atoms with Gasteiger partial charge in [0.05, 0.1) is 11.7 Å². The zero-order chi connectivity index (χ0) is 17.3. The van der Waals surface area contributed by atoms with E-state index in [1.54, 1.807) is 0 Å². The van der Waals surface area contributed by atoms with E-state index in [9.17, 15) is 4.79 Å². The van der Waals surface area contributed by atoms with Gasteiger partial charge in [0.1, 0.15) is 0 Å². The van der Waals surface area contributed by atoms with Crippen LogP contribution in [0.2, 0.25) is 0 Å². The van der Waals surface area contributed by atoms with Crippen molar-refractivity contribution in [3.8, 4) is 0 Å². The monoisotopic (exact) mass is 326 g/mol. The minimum absolute atomic E-state index is 0.00463. The zero-order valence-electron chi connectivity index (χ0n) is 14.9. The second-order valence-corrected chi connectivity index (χ2v) is 6.61. The Bertz CT molecular complexity index is 722. The highest BCUT2D eigenvalue weighted by Crippen LogP contribution is 2.38. The number of aromatic nitrogens is 2. The van der Waals surface area contributed by atoms with Crippen LogP contribution >= 0.6 is 0 Å². The normalized spacial score (nSPS) is 19.9. The van der Waals surface area contributed by atoms with Crippen LogP contribution in [0, 0.1) is 19.8 Å². The van der Waals surface area contributed by atoms with Crippen LogP contribution in [0.3, 0.4) is 0 Å². The smallest absolute Gasteiger partial charge is 0.318 e. The summed E-state index contributed by atoms with van der Waals surface area (Å²) >= 11 is 0. The lowest BCUT2D eigenvalue weighted by atomic mass is 9.85. The summed E-state index contributed by atoms with van der Waals surface area (Å²) < 4.78 is 1.98. The SMILES string of the molecule is CCn1nc(C)c(CNC(=O)N2C[C@@H](C)[C@H]2c2ccccc2)c1C. The van der Waals surface area contributed by atoms with Gasteiger partial charge >= 0.3 is 6.03 Å². The zero-order valence-corrected chi connectivity index (χ0v) is 14.9. The predicted molar refractivity (Wildman–Crippen MR) is 94.7 cm³/mol. The molecule has 1 aliphatic rings. The van der Waals surface area contributed by atoms with Gasteiger partial charge in [-0.3, -0.25) is 4.68 Å². The van der Waals surface area contributed by atoms with Gasteiger partial charge in [0.15, 0.2) is 0 Å². The molecule has 24 heavy (non-hydrogen) atoms. The van der Waals surface area contributed by atoms with Gasteiger partial charge in [0, 0.05) is 30.9 Å². The number of hydrogen-bond acceptors (Lipinski definition) is 2. The number of likely N-dealkylation sites (tertiary alicyclic amines) is 1. The molecule has 2 heterocycles. The first-order valence-electron chi connectivity index (χ1n) is 8.65. The molecule has 5 nitrogen and oxygen atoms in total. The molecule has 1 aromatic heterocycles. The van der Waals surface area contributed by atoms with Crippen LogP contribution in [0.5, 0.6) is 0 Å². The Kier molecular flexibility index (Phi) is 4.60. The van der Waals surface area contributed by atoms with Crippen molar-refractivity contribution in [1.29, 1.82) is 0 Å². The van der Waals surface area contributed by atoms with E-state index in [4.69, 9.17) is 0 Å². The van der Waals surface area contributed by atoms with Gasteiger partial charge in [-0.25, -0.2) is 4.79 Å². The van der Waals surface area contributed by atoms with Gasteiger partial charge in [0.25, 0.3) is 0 Å². The number of nitrogens with one attached hydrogen (secondary N) is 1. The van der Waals surface area contributed by atoms with Crippen LogP contribution < -0.4 is 5.32 Å². The summed E-state index contributed by atoms with van der Waals surface area (Å²) in [5.41, 5.74) is 4.45. The second-order valence-electron chi connectivity index (χ2n) is 6.61. The molecule has 1 saturated heterocycles. The molecule has 3 rings (SSSR count). The van der Waals surface area contributed by atoms with Gasteiger partial charge in [-0.05, 0) is 32.3 Å². The van der Waals surface area contributed by atoms with Crippen LogP contribution in [0.4, 0.5) is 4.79 Å². The van der Waals surface area contributed by atoms with Crippen LogP contribution in [-0.2, 0) is 13.1 Å². The van der Waals surface area contributed by atoms with Crippen molar-refractivity contribution in [3.63, 3.8) is 0 Å². The van der Waals surface area contributed by atoms with Crippen molar-refractivity contribution in [2.45, 2.75) is 46.8 Å². The quantitative estimate of drug-likeness (QED) is 0.936. The number of hydrogen-bond donors (Lipinski definition) is 1. The van der Waals surface area contributed by atoms with E-state index in [0.717, 1.165) is 30.0 Å². The molecule has 0 unspecified atom stereocenters. The molecule has 0 aliphatic carbocycles. The fourth-order valence-electron chi connectivity index (χ4n) is 3.62. The van der Waals surface area contributed by atoms with E-state index in [-0.39, 0.29) is 12.1 Å². The molecular formula is C19H26N4O. The van der Waals surface area contributed by atoms with E-state index in [2.05, 4.69) is 43.3 Å². The highest BCUT2D eigenvalue weighted by Gasteiger charge is 2.39. The van der Waals surface area contributed by atoms with Crippen molar-refractivity contribution in [3.05, 3.63) is 52.8 Å². The molecule has 0 spiro atoms. The Labute approximate surface area is 143 Å². The summed E-state index contributed by atoms with van der Waals surface area (Å²) in [6.45, 7) is 10.5. The van der Waals surface area contributed by atoms with E-state index >= 15 is 0 Å². The van der Waals surface area contributed by atoms with Crippen LogP contribution in [0.15, 0.2) is 30.3 Å². The molecule has 5 heteroatoms. The van der Waals surface area contributed by atoms with Gasteiger partial charge in [-0.2, -0.15) is 5.10 Å². The third kappa shape index (κ3) is 2.90. The molecule has 1 aliphatic heterocycles. The van der Waals surface area contributed by atoms with Crippen LogP contribution in [-0.4, -0.2) is 27.3 Å². The van der Waals surface area contributed by atoms with E-state index in [1.807, 2.05) is 34.7 Å². The molecule has 2 aromatic rings. The minimum Gasteiger partial charge on any atom is -0.334 e. The maximum absolute atomic E-state index is 12.6. The third-order valence-electron chi connectivity index (χ3n) is 5.01. The average Bonchev–Trinajstić information content (AvgIpc) is 2.85. The van der Waals surface area contributed by atoms with E-state index in [0.29, 0.717) is 12.5 Å². The standard InChI is InChI=1S/C19H26N4O/c1-5-23-15(4)17(14(3)21-23)11-20-19(24)22-12-13(2)18(22)16-9-7-6-8-10-16/h6-10,13,18H,5,11-12H2,1-4H3,(H,20,24)/t13-,18+/m1/s1. The summed E-state index contributed by atoms with van der Waals surface area (Å²) in [7, 11) is 0. The van der Waals surface area contributed by atoms with Crippen molar-refractivity contribution in [2.75, 3.05) is 6.54 Å². The molecule has 1 N–H and O–H groups in total. The molecule has 128 valence electrons. The van der Waals surface area contributed by atoms with Gasteiger partial charge < -0.3 is 10.2 Å². The van der Waals surface area contributed by atoms with Crippen molar-refractivity contribution in [2.24, 2.45) is 5.92 Å². The Balaban J connectivity index is 1.67. The first kappa shape index (κ1) is 16.6. The van der Waals surface area contributed by atoms with E-state index in [1.165, 1.54) is 5.56 Å². The van der Waals surface area contributed by atoms with Crippen molar-refractivity contribution in [1.82, 2.24) is 20.0 Å². The maximum atomic E-state index is 12.6. The van der Waals surface area contributed by atoms with Crippen molar-refractivity contribution >= 4 is 6.03 Å². The summed E-state index contributed by atoms with van der Waals surface area (Å²) in [5, 5.41) is 7.59. The number of carbonyl (C=O) groups is 1. The molecule has 2 amide bonds. The first-order chi connectivity index (χ1) is 11.5. The topological polar surface area (TPSA) is 50.2 Å². The summed E-state index contributed by atoms with van der Waals surface area (Å²) in [6, 6.07) is 10.4. The largest absolute Gasteiger partial charge is 0.334 e. The second kappa shape index (κ2) is 6.67. The lowest BCUT2D eigenvalue weighted by Crippen LogP contribution is -2.54. The molecule has 2 atom stereocenters. The van der Waals surface area contributed by atoms with Crippen molar-refractivity contribution < 1.29 is 4.79 Å². The summed E-state index contributed by atoms with van der Waals surface area (Å²) in [5.74, 6) is 0.490. The predicted octanol–water partition coefficient (Wildman–Crippen LogP) is 3.42. The molecular weight excluding hydrogens is 300 g/mol. The average molecular weight is 326 g/mol. The van der Waals surface area contributed by atoms with Gasteiger partial charge in [-0.1, -0.05) is 37.3 Å². The highest BCUT2D eigenvalue weighted by atomic mass is 16.2. The van der Waals surface area contributed by atoms with Crippen LogP contribution in [0.1, 0.15) is 42.4 Å². The Hall–Kier alpha value is -2.30. The Morgan fingerprint density at radius 1 is 1.29 bits per heavy atom. The number of aryl methyl sites for hydroxylation is 2. The number of nitrogens with zero attached hydrogens (tertiary/aromatic N) is 3. The number of benzene rings is 1. The summed E-state index contributed by atoms with van der Waals surface area (Å²) in [6.07, 6.45) is 0. The maximum Gasteiger partial charge on any atom is 0.318 e. The molecule has 0 radical (unpaired) electrons. The Morgan fingerprint density at radius 2 is 2.00 bits per heavy atom. The van der Waals surface area contributed by atoms with E-state index < -0.39 is 0 Å². The molecule has 0 bridgehead atoms. The molecule has 1 fully saturated rings. The fourth-order valence-corrected chi connectivity index (χ4v) is 3.62. The lowest BCUT2D eigenvalue weighted by Gasteiger charge is -2.46. The lowest BCUT2D eigenvalue weighted by molar-refractivity contribution is 0.0590.